The molecule has 0 fully saturated rings. The van der Waals surface area contributed by atoms with Crippen molar-refractivity contribution in [2.24, 2.45) is 5.73 Å². The average Bonchev–Trinajstić information content (AvgIpc) is 2.78. The fourth-order valence-corrected chi connectivity index (χ4v) is 4.64. The maximum Gasteiger partial charge on any atom is 0.323 e. The van der Waals surface area contributed by atoms with Crippen LogP contribution in [0.25, 0.3) is 32.7 Å². The molecule has 5 aromatic carbocycles. The number of anilines is 2. The van der Waals surface area contributed by atoms with Crippen LogP contribution in [0.5, 0.6) is 0 Å². The number of carbonyl (C=O) groups excluding carboxylic acids is 1. The van der Waals surface area contributed by atoms with Crippen molar-refractivity contribution >= 4 is 39.0 Å². The van der Waals surface area contributed by atoms with Gasteiger partial charge < -0.3 is 5.73 Å². The predicted molar refractivity (Wildman–Crippen MR) is 135 cm³/mol. The second-order valence-electron chi connectivity index (χ2n) is 8.23. The second kappa shape index (κ2) is 7.86. The zero-order chi connectivity index (χ0) is 22.2. The summed E-state index contributed by atoms with van der Waals surface area (Å²) in [6.07, 6.45) is 0. The fourth-order valence-electron chi connectivity index (χ4n) is 4.64. The van der Waals surface area contributed by atoms with E-state index in [-0.39, 0.29) is 0 Å². The summed E-state index contributed by atoms with van der Waals surface area (Å²) < 4.78 is 0. The van der Waals surface area contributed by atoms with E-state index in [0.29, 0.717) is 0 Å². The molecule has 32 heavy (non-hydrogen) atoms. The van der Waals surface area contributed by atoms with Crippen molar-refractivity contribution in [3.8, 4) is 11.1 Å². The van der Waals surface area contributed by atoms with Crippen LogP contribution in [-0.2, 0) is 0 Å². The highest BCUT2D eigenvalue weighted by molar-refractivity contribution is 6.14. The fraction of sp³-hybridized carbons (Fsp3) is 0.0690. The Morgan fingerprint density at radius 3 is 1.97 bits per heavy atom. The number of amides is 2. The molecule has 0 aromatic heterocycles. The van der Waals surface area contributed by atoms with E-state index in [4.69, 9.17) is 5.73 Å². The van der Waals surface area contributed by atoms with E-state index < -0.39 is 6.03 Å². The molecule has 0 saturated carbocycles. The maximum atomic E-state index is 12.9. The van der Waals surface area contributed by atoms with Gasteiger partial charge in [-0.1, -0.05) is 78.9 Å². The molecule has 0 unspecified atom stereocenters. The summed E-state index contributed by atoms with van der Waals surface area (Å²) in [5.74, 6) is 0. The molecule has 0 aliphatic rings. The third kappa shape index (κ3) is 3.38. The van der Waals surface area contributed by atoms with E-state index in [9.17, 15) is 4.79 Å². The van der Waals surface area contributed by atoms with E-state index in [1.807, 2.05) is 56.3 Å². The molecule has 156 valence electrons. The number of rotatable bonds is 3. The molecule has 0 aliphatic heterocycles. The van der Waals surface area contributed by atoms with Crippen LogP contribution in [0.1, 0.15) is 11.1 Å². The molecule has 0 aliphatic carbocycles. The van der Waals surface area contributed by atoms with Crippen molar-refractivity contribution < 1.29 is 4.79 Å². The molecule has 5 aromatic rings. The Morgan fingerprint density at radius 2 is 1.28 bits per heavy atom. The average molecular weight is 417 g/mol. The molecular weight excluding hydrogens is 392 g/mol. The lowest BCUT2D eigenvalue weighted by Crippen LogP contribution is -2.32. The minimum atomic E-state index is -0.508. The Kier molecular flexibility index (Phi) is 4.87. The summed E-state index contributed by atoms with van der Waals surface area (Å²) >= 11 is 0. The molecule has 0 atom stereocenters. The van der Waals surface area contributed by atoms with Crippen LogP contribution >= 0.6 is 0 Å². The van der Waals surface area contributed by atoms with Crippen LogP contribution in [0.3, 0.4) is 0 Å². The summed E-state index contributed by atoms with van der Waals surface area (Å²) in [5, 5.41) is 4.49. The minimum absolute atomic E-state index is 0.508. The number of hydrogen-bond donors (Lipinski definition) is 1. The van der Waals surface area contributed by atoms with E-state index in [0.717, 1.165) is 55.2 Å². The van der Waals surface area contributed by atoms with E-state index >= 15 is 0 Å². The number of carbonyl (C=O) groups is 1. The molecule has 0 radical (unpaired) electrons. The highest BCUT2D eigenvalue weighted by atomic mass is 16.2. The number of primary amides is 1. The first kappa shape index (κ1) is 19.8. The van der Waals surface area contributed by atoms with Gasteiger partial charge in [-0.3, -0.25) is 4.90 Å². The Labute approximate surface area is 187 Å². The maximum absolute atomic E-state index is 12.9. The Hall–Kier alpha value is -4.11. The van der Waals surface area contributed by atoms with Gasteiger partial charge in [0, 0.05) is 5.56 Å². The summed E-state index contributed by atoms with van der Waals surface area (Å²) in [5.41, 5.74) is 11.8. The lowest BCUT2D eigenvalue weighted by atomic mass is 9.92. The van der Waals surface area contributed by atoms with Crippen molar-refractivity contribution in [1.29, 1.82) is 0 Å². The van der Waals surface area contributed by atoms with Crippen LogP contribution in [0.2, 0.25) is 0 Å². The molecule has 3 heteroatoms. The zero-order valence-corrected chi connectivity index (χ0v) is 18.2. The summed E-state index contributed by atoms with van der Waals surface area (Å²) in [4.78, 5) is 14.5. The van der Waals surface area contributed by atoms with E-state index in [1.165, 1.54) is 0 Å². The third-order valence-electron chi connectivity index (χ3n) is 5.89. The van der Waals surface area contributed by atoms with Crippen molar-refractivity contribution in [1.82, 2.24) is 0 Å². The zero-order valence-electron chi connectivity index (χ0n) is 18.2. The van der Waals surface area contributed by atoms with Gasteiger partial charge in [0.1, 0.15) is 0 Å². The van der Waals surface area contributed by atoms with Crippen LogP contribution in [-0.4, -0.2) is 6.03 Å². The topological polar surface area (TPSA) is 46.3 Å². The highest BCUT2D eigenvalue weighted by Crippen LogP contribution is 2.43. The summed E-state index contributed by atoms with van der Waals surface area (Å²) in [6, 6.07) is 32.5. The molecular formula is C29H24N2O. The van der Waals surface area contributed by atoms with Crippen LogP contribution in [0, 0.1) is 13.8 Å². The van der Waals surface area contributed by atoms with Gasteiger partial charge in [-0.15, -0.1) is 0 Å². The lowest BCUT2D eigenvalue weighted by molar-refractivity contribution is 0.256. The standard InChI is InChI=1S/C29H24N2O/c1-19-16-20(2)18-23(17-19)31(29(30)32)27-15-14-22-9-4-6-12-25(22)28(27)26-13-7-10-21-8-3-5-11-24(21)26/h3-18H,1-2H3,(H2,30,32). The molecule has 0 saturated heterocycles. The first-order valence-electron chi connectivity index (χ1n) is 10.7. The van der Waals surface area contributed by atoms with Gasteiger partial charge in [0.15, 0.2) is 0 Å². The smallest absolute Gasteiger partial charge is 0.323 e. The first-order valence-corrected chi connectivity index (χ1v) is 10.7. The van der Waals surface area contributed by atoms with Crippen LogP contribution < -0.4 is 10.6 Å². The molecule has 0 heterocycles. The predicted octanol–water partition coefficient (Wildman–Crippen LogP) is 7.49. The molecule has 5 rings (SSSR count). The quantitative estimate of drug-likeness (QED) is 0.325. The molecule has 2 amide bonds. The van der Waals surface area contributed by atoms with Crippen LogP contribution in [0.15, 0.2) is 97.1 Å². The van der Waals surface area contributed by atoms with Gasteiger partial charge in [0.25, 0.3) is 0 Å². The number of nitrogens with two attached hydrogens (primary N) is 1. The second-order valence-corrected chi connectivity index (χ2v) is 8.23. The van der Waals surface area contributed by atoms with Gasteiger partial charge in [-0.25, -0.2) is 4.79 Å². The van der Waals surface area contributed by atoms with E-state index in [2.05, 4.69) is 54.6 Å². The van der Waals surface area contributed by atoms with Gasteiger partial charge in [-0.05, 0) is 70.3 Å². The number of urea groups is 1. The summed E-state index contributed by atoms with van der Waals surface area (Å²) in [7, 11) is 0. The number of aryl methyl sites for hydroxylation is 2. The largest absolute Gasteiger partial charge is 0.351 e. The summed E-state index contributed by atoms with van der Waals surface area (Å²) in [6.45, 7) is 4.06. The lowest BCUT2D eigenvalue weighted by Gasteiger charge is -2.26. The van der Waals surface area contributed by atoms with E-state index in [1.54, 1.807) is 4.90 Å². The first-order chi connectivity index (χ1) is 15.5. The van der Waals surface area contributed by atoms with Crippen molar-refractivity contribution in [2.45, 2.75) is 13.8 Å². The normalized spacial score (nSPS) is 11.1. The van der Waals surface area contributed by atoms with Gasteiger partial charge in [0.05, 0.1) is 11.4 Å². The van der Waals surface area contributed by atoms with Crippen molar-refractivity contribution in [3.05, 3.63) is 108 Å². The van der Waals surface area contributed by atoms with Gasteiger partial charge >= 0.3 is 6.03 Å². The van der Waals surface area contributed by atoms with Gasteiger partial charge in [0.2, 0.25) is 0 Å². The molecule has 0 spiro atoms. The Balaban J connectivity index is 1.89. The molecule has 2 N–H and O–H groups in total. The number of fused-ring (bicyclic) bond motifs is 2. The number of hydrogen-bond acceptors (Lipinski definition) is 1. The number of nitrogens with zero attached hydrogens (tertiary/aromatic N) is 1. The third-order valence-corrected chi connectivity index (χ3v) is 5.89. The minimum Gasteiger partial charge on any atom is -0.351 e. The van der Waals surface area contributed by atoms with Crippen molar-refractivity contribution in [3.63, 3.8) is 0 Å². The molecule has 0 bridgehead atoms. The Morgan fingerprint density at radius 1 is 0.688 bits per heavy atom. The van der Waals surface area contributed by atoms with Crippen molar-refractivity contribution in [2.75, 3.05) is 4.90 Å². The monoisotopic (exact) mass is 416 g/mol. The highest BCUT2D eigenvalue weighted by Gasteiger charge is 2.22. The molecule has 3 nitrogen and oxygen atoms in total. The SMILES string of the molecule is Cc1cc(C)cc(N(C(N)=O)c2ccc3ccccc3c2-c2cccc3ccccc23)c1. The number of benzene rings is 5. The Bertz CT molecular complexity index is 1460. The van der Waals surface area contributed by atoms with Crippen LogP contribution in [0.4, 0.5) is 16.2 Å². The van der Waals surface area contributed by atoms with Gasteiger partial charge in [-0.2, -0.15) is 0 Å².